The van der Waals surface area contributed by atoms with Crippen molar-refractivity contribution in [1.29, 1.82) is 0 Å². The van der Waals surface area contributed by atoms with E-state index < -0.39 is 0 Å². The fraction of sp³-hybridized carbons (Fsp3) is 0.444. The summed E-state index contributed by atoms with van der Waals surface area (Å²) in [7, 11) is 0. The van der Waals surface area contributed by atoms with Crippen molar-refractivity contribution in [2.45, 2.75) is 51.8 Å². The largest absolute Gasteiger partial charge is 0.488 e. The normalized spacial score (nSPS) is 18.3. The molecular weight excluding hydrogens is 260 g/mol. The first-order chi connectivity index (χ1) is 10.1. The Bertz CT molecular complexity index is 617. The molecular formula is C18H24N2O. The van der Waals surface area contributed by atoms with Crippen molar-refractivity contribution in [2.24, 2.45) is 5.73 Å². The van der Waals surface area contributed by atoms with Crippen molar-refractivity contribution in [1.82, 2.24) is 4.57 Å². The lowest BCUT2D eigenvalue weighted by Crippen LogP contribution is -2.21. The van der Waals surface area contributed by atoms with Crippen LogP contribution in [-0.2, 0) is 19.4 Å². The van der Waals surface area contributed by atoms with Gasteiger partial charge in [0.05, 0.1) is 6.54 Å². The highest BCUT2D eigenvalue weighted by molar-refractivity contribution is 5.40. The number of benzene rings is 1. The topological polar surface area (TPSA) is 40.2 Å². The molecule has 0 saturated carbocycles. The van der Waals surface area contributed by atoms with Crippen LogP contribution < -0.4 is 10.5 Å². The predicted molar refractivity (Wildman–Crippen MR) is 85.7 cm³/mol. The van der Waals surface area contributed by atoms with Gasteiger partial charge >= 0.3 is 0 Å². The van der Waals surface area contributed by atoms with Gasteiger partial charge < -0.3 is 15.0 Å². The zero-order valence-corrected chi connectivity index (χ0v) is 12.9. The van der Waals surface area contributed by atoms with E-state index in [4.69, 9.17) is 10.5 Å². The summed E-state index contributed by atoms with van der Waals surface area (Å²) in [5.41, 5.74) is 9.97. The Kier molecular flexibility index (Phi) is 4.02. The van der Waals surface area contributed by atoms with E-state index in [0.29, 0.717) is 0 Å². The summed E-state index contributed by atoms with van der Waals surface area (Å²) in [6.45, 7) is 5.16. The molecule has 0 radical (unpaired) electrons. The van der Waals surface area contributed by atoms with Gasteiger partial charge in [-0.2, -0.15) is 0 Å². The maximum Gasteiger partial charge on any atom is 0.123 e. The molecule has 1 aromatic heterocycles. The van der Waals surface area contributed by atoms with Gasteiger partial charge in [0.25, 0.3) is 0 Å². The number of nitrogens with two attached hydrogens (primary N) is 1. The molecule has 0 saturated heterocycles. The smallest absolute Gasteiger partial charge is 0.123 e. The quantitative estimate of drug-likeness (QED) is 0.916. The monoisotopic (exact) mass is 284 g/mol. The minimum atomic E-state index is 0.238. The highest BCUT2D eigenvalue weighted by Crippen LogP contribution is 2.30. The summed E-state index contributed by atoms with van der Waals surface area (Å²) < 4.78 is 8.26. The average molecular weight is 284 g/mol. The van der Waals surface area contributed by atoms with Crippen LogP contribution in [0.4, 0.5) is 0 Å². The van der Waals surface area contributed by atoms with Gasteiger partial charge in [0.2, 0.25) is 0 Å². The maximum atomic E-state index is 6.03. The van der Waals surface area contributed by atoms with E-state index in [0.717, 1.165) is 31.6 Å². The van der Waals surface area contributed by atoms with Crippen molar-refractivity contribution in [3.8, 4) is 5.75 Å². The van der Waals surface area contributed by atoms with Crippen LogP contribution in [0.3, 0.4) is 0 Å². The molecule has 0 spiro atoms. The number of ether oxygens (including phenoxy) is 1. The molecule has 3 heteroatoms. The van der Waals surface area contributed by atoms with Crippen LogP contribution in [0.2, 0.25) is 0 Å². The van der Waals surface area contributed by atoms with E-state index in [9.17, 15) is 0 Å². The van der Waals surface area contributed by atoms with Gasteiger partial charge in [0, 0.05) is 24.9 Å². The molecule has 112 valence electrons. The zero-order valence-electron chi connectivity index (χ0n) is 12.9. The molecule has 3 nitrogen and oxygen atoms in total. The minimum absolute atomic E-state index is 0.238. The highest BCUT2D eigenvalue weighted by Gasteiger charge is 2.23. The number of nitrogens with zero attached hydrogens (tertiary/aromatic N) is 1. The molecule has 2 unspecified atom stereocenters. The lowest BCUT2D eigenvalue weighted by Gasteiger charge is -2.11. The molecule has 2 atom stereocenters. The first kappa shape index (κ1) is 14.2. The molecule has 3 rings (SSSR count). The van der Waals surface area contributed by atoms with E-state index in [-0.39, 0.29) is 12.1 Å². The Labute approximate surface area is 126 Å². The summed E-state index contributed by atoms with van der Waals surface area (Å²) in [6.07, 6.45) is 7.54. The summed E-state index contributed by atoms with van der Waals surface area (Å²) in [5.74, 6) is 1.05. The standard InChI is InChI=1S/C18H24N2O/c1-3-16(19)9-14-6-7-20(11-14)12-17-10-15-8-13(2)4-5-18(15)21-17/h4-8,11,16-17H,3,9-10,12,19H2,1-2H3. The Morgan fingerprint density at radius 2 is 2.24 bits per heavy atom. The fourth-order valence-electron chi connectivity index (χ4n) is 2.96. The zero-order chi connectivity index (χ0) is 14.8. The molecule has 0 amide bonds. The van der Waals surface area contributed by atoms with Gasteiger partial charge in [-0.05, 0) is 43.0 Å². The third-order valence-electron chi connectivity index (χ3n) is 4.21. The molecule has 0 fully saturated rings. The predicted octanol–water partition coefficient (Wildman–Crippen LogP) is 3.08. The second-order valence-electron chi connectivity index (χ2n) is 6.14. The van der Waals surface area contributed by atoms with Crippen molar-refractivity contribution >= 4 is 0 Å². The number of hydrogen-bond acceptors (Lipinski definition) is 2. The Hall–Kier alpha value is -1.74. The molecule has 0 bridgehead atoms. The molecule has 2 N–H and O–H groups in total. The number of aromatic nitrogens is 1. The van der Waals surface area contributed by atoms with Crippen molar-refractivity contribution < 1.29 is 4.74 Å². The summed E-state index contributed by atoms with van der Waals surface area (Å²) in [5, 5.41) is 0. The van der Waals surface area contributed by atoms with Crippen molar-refractivity contribution in [2.75, 3.05) is 0 Å². The molecule has 1 aliphatic rings. The SMILES string of the molecule is CCC(N)Cc1ccn(CC2Cc3cc(C)ccc3O2)c1. The fourth-order valence-corrected chi connectivity index (χ4v) is 2.96. The molecule has 2 heterocycles. The van der Waals surface area contributed by atoms with E-state index in [1.165, 1.54) is 16.7 Å². The van der Waals surface area contributed by atoms with Crippen molar-refractivity contribution in [3.63, 3.8) is 0 Å². The van der Waals surface area contributed by atoms with Crippen LogP contribution in [0.15, 0.2) is 36.7 Å². The number of rotatable bonds is 5. The van der Waals surface area contributed by atoms with Crippen LogP contribution in [0.5, 0.6) is 5.75 Å². The first-order valence-electron chi connectivity index (χ1n) is 7.80. The number of hydrogen-bond donors (Lipinski definition) is 1. The Morgan fingerprint density at radius 1 is 1.38 bits per heavy atom. The average Bonchev–Trinajstić information content (AvgIpc) is 3.05. The minimum Gasteiger partial charge on any atom is -0.488 e. The highest BCUT2D eigenvalue weighted by atomic mass is 16.5. The van der Waals surface area contributed by atoms with Crippen LogP contribution in [0.25, 0.3) is 0 Å². The van der Waals surface area contributed by atoms with Crippen LogP contribution in [0.1, 0.15) is 30.0 Å². The van der Waals surface area contributed by atoms with E-state index in [1.54, 1.807) is 0 Å². The van der Waals surface area contributed by atoms with Crippen molar-refractivity contribution in [3.05, 3.63) is 53.3 Å². The Morgan fingerprint density at radius 3 is 3.05 bits per heavy atom. The van der Waals surface area contributed by atoms with Gasteiger partial charge in [0.15, 0.2) is 0 Å². The summed E-state index contributed by atoms with van der Waals surface area (Å²) >= 11 is 0. The number of fused-ring (bicyclic) bond motifs is 1. The molecule has 0 aliphatic carbocycles. The maximum absolute atomic E-state index is 6.03. The van der Waals surface area contributed by atoms with E-state index in [1.807, 2.05) is 0 Å². The number of aryl methyl sites for hydroxylation is 1. The Balaban J connectivity index is 1.61. The summed E-state index contributed by atoms with van der Waals surface area (Å²) in [6, 6.07) is 8.86. The van der Waals surface area contributed by atoms with Crippen LogP contribution >= 0.6 is 0 Å². The van der Waals surface area contributed by atoms with Gasteiger partial charge in [-0.1, -0.05) is 24.6 Å². The van der Waals surface area contributed by atoms with Gasteiger partial charge in [0.1, 0.15) is 11.9 Å². The molecule has 21 heavy (non-hydrogen) atoms. The molecule has 1 aromatic carbocycles. The van der Waals surface area contributed by atoms with Crippen LogP contribution in [-0.4, -0.2) is 16.7 Å². The lowest BCUT2D eigenvalue weighted by atomic mass is 10.1. The third-order valence-corrected chi connectivity index (χ3v) is 4.21. The summed E-state index contributed by atoms with van der Waals surface area (Å²) in [4.78, 5) is 0. The molecule has 2 aromatic rings. The van der Waals surface area contributed by atoms with E-state index >= 15 is 0 Å². The van der Waals surface area contributed by atoms with Gasteiger partial charge in [-0.3, -0.25) is 0 Å². The molecule has 1 aliphatic heterocycles. The lowest BCUT2D eigenvalue weighted by molar-refractivity contribution is 0.209. The first-order valence-corrected chi connectivity index (χ1v) is 7.80. The van der Waals surface area contributed by atoms with E-state index in [2.05, 4.69) is 55.1 Å². The van der Waals surface area contributed by atoms with Gasteiger partial charge in [-0.25, -0.2) is 0 Å². The van der Waals surface area contributed by atoms with Crippen LogP contribution in [0, 0.1) is 6.92 Å². The second-order valence-corrected chi connectivity index (χ2v) is 6.14. The second kappa shape index (κ2) is 5.94. The van der Waals surface area contributed by atoms with Gasteiger partial charge in [-0.15, -0.1) is 0 Å². The third kappa shape index (κ3) is 3.30.